The van der Waals surface area contributed by atoms with E-state index in [4.69, 9.17) is 0 Å². The van der Waals surface area contributed by atoms with E-state index in [1.54, 1.807) is 6.20 Å². The molecule has 0 bridgehead atoms. The third kappa shape index (κ3) is 4.82. The molecule has 0 aliphatic carbocycles. The number of carbonyl (C=O) groups is 1. The molecular weight excluding hydrogens is 324 g/mol. The number of hydrogen-bond donors (Lipinski definition) is 1. The van der Waals surface area contributed by atoms with Crippen molar-refractivity contribution in [3.05, 3.63) is 59.4 Å². The summed E-state index contributed by atoms with van der Waals surface area (Å²) in [5.41, 5.74) is 5.02. The Balaban J connectivity index is 1.41. The van der Waals surface area contributed by atoms with Crippen LogP contribution in [-0.4, -0.2) is 55.1 Å². The predicted molar refractivity (Wildman–Crippen MR) is 106 cm³/mol. The molecule has 0 saturated carbocycles. The van der Waals surface area contributed by atoms with Crippen molar-refractivity contribution in [2.45, 2.75) is 20.3 Å². The lowest BCUT2D eigenvalue weighted by Crippen LogP contribution is -2.49. The predicted octanol–water partition coefficient (Wildman–Crippen LogP) is 2.18. The summed E-state index contributed by atoms with van der Waals surface area (Å²) in [6, 6.07) is 12.3. The van der Waals surface area contributed by atoms with E-state index in [2.05, 4.69) is 52.1 Å². The highest BCUT2D eigenvalue weighted by atomic mass is 16.2. The highest BCUT2D eigenvalue weighted by Gasteiger charge is 2.20. The summed E-state index contributed by atoms with van der Waals surface area (Å²) in [4.78, 5) is 21.1. The highest BCUT2D eigenvalue weighted by molar-refractivity contribution is 5.78. The first-order chi connectivity index (χ1) is 12.6. The van der Waals surface area contributed by atoms with Crippen LogP contribution in [0.4, 0.5) is 5.69 Å². The number of nitrogens with zero attached hydrogens (tertiary/aromatic N) is 3. The first-order valence-electron chi connectivity index (χ1n) is 9.33. The highest BCUT2D eigenvalue weighted by Crippen LogP contribution is 2.23. The van der Waals surface area contributed by atoms with Crippen molar-refractivity contribution in [1.82, 2.24) is 15.2 Å². The van der Waals surface area contributed by atoms with Crippen LogP contribution in [0.1, 0.15) is 16.8 Å². The second-order valence-electron chi connectivity index (χ2n) is 6.90. The minimum absolute atomic E-state index is 0.0983. The van der Waals surface area contributed by atoms with Gasteiger partial charge in [-0.05, 0) is 43.2 Å². The van der Waals surface area contributed by atoms with Crippen molar-refractivity contribution in [3.63, 3.8) is 0 Å². The normalized spacial score (nSPS) is 15.1. The van der Waals surface area contributed by atoms with E-state index < -0.39 is 0 Å². The zero-order valence-electron chi connectivity index (χ0n) is 15.7. The van der Waals surface area contributed by atoms with Crippen molar-refractivity contribution in [3.8, 4) is 0 Å². The van der Waals surface area contributed by atoms with Crippen molar-refractivity contribution in [2.24, 2.45) is 0 Å². The van der Waals surface area contributed by atoms with Crippen molar-refractivity contribution >= 4 is 11.6 Å². The number of aryl methyl sites for hydroxylation is 1. The van der Waals surface area contributed by atoms with Gasteiger partial charge >= 0.3 is 0 Å². The van der Waals surface area contributed by atoms with Gasteiger partial charge in [0.25, 0.3) is 0 Å². The molecule has 0 unspecified atom stereocenters. The summed E-state index contributed by atoms with van der Waals surface area (Å²) in [7, 11) is 0. The Kier molecular flexibility index (Phi) is 6.23. The summed E-state index contributed by atoms with van der Waals surface area (Å²) in [5, 5.41) is 3.00. The third-order valence-corrected chi connectivity index (χ3v) is 5.09. The molecule has 26 heavy (non-hydrogen) atoms. The van der Waals surface area contributed by atoms with E-state index in [0.717, 1.165) is 38.3 Å². The van der Waals surface area contributed by atoms with E-state index in [0.29, 0.717) is 13.1 Å². The summed E-state index contributed by atoms with van der Waals surface area (Å²) >= 11 is 0. The quantitative estimate of drug-likeness (QED) is 0.866. The molecular formula is C21H28N4O. The Morgan fingerprint density at radius 3 is 2.62 bits per heavy atom. The number of aromatic nitrogens is 1. The Morgan fingerprint density at radius 1 is 1.08 bits per heavy atom. The number of piperazine rings is 1. The van der Waals surface area contributed by atoms with Gasteiger partial charge in [-0.25, -0.2) is 0 Å². The molecule has 1 aromatic carbocycles. The lowest BCUT2D eigenvalue weighted by atomic mass is 10.1. The molecule has 0 spiro atoms. The minimum atomic E-state index is 0.0983. The van der Waals surface area contributed by atoms with E-state index in [1.165, 1.54) is 16.8 Å². The Morgan fingerprint density at radius 2 is 1.88 bits per heavy atom. The van der Waals surface area contributed by atoms with Gasteiger partial charge in [0.2, 0.25) is 5.91 Å². The van der Waals surface area contributed by atoms with Crippen LogP contribution in [0.25, 0.3) is 0 Å². The number of carbonyl (C=O) groups excluding carboxylic acids is 1. The summed E-state index contributed by atoms with van der Waals surface area (Å²) in [5.74, 6) is 0.0983. The first-order valence-corrected chi connectivity index (χ1v) is 9.33. The SMILES string of the molecule is Cc1cccc(N2CCN(CC(=O)NCCc3ccccn3)CC2)c1C. The zero-order chi connectivity index (χ0) is 18.4. The molecule has 3 rings (SSSR count). The van der Waals surface area contributed by atoms with Crippen LogP contribution in [-0.2, 0) is 11.2 Å². The monoisotopic (exact) mass is 352 g/mol. The molecule has 1 amide bonds. The number of hydrogen-bond acceptors (Lipinski definition) is 4. The van der Waals surface area contributed by atoms with Gasteiger partial charge in [-0.15, -0.1) is 0 Å². The molecule has 1 N–H and O–H groups in total. The van der Waals surface area contributed by atoms with E-state index >= 15 is 0 Å². The van der Waals surface area contributed by atoms with Crippen molar-refractivity contribution in [2.75, 3.05) is 44.2 Å². The van der Waals surface area contributed by atoms with Crippen LogP contribution in [0.2, 0.25) is 0 Å². The van der Waals surface area contributed by atoms with Gasteiger partial charge in [0.05, 0.1) is 6.54 Å². The second kappa shape index (κ2) is 8.81. The number of rotatable bonds is 6. The standard InChI is InChI=1S/C21H28N4O/c1-17-6-5-8-20(18(17)2)25-14-12-24(13-15-25)16-21(26)23-11-9-19-7-3-4-10-22-19/h3-8,10H,9,11-16H2,1-2H3,(H,23,26). The Bertz CT molecular complexity index is 724. The minimum Gasteiger partial charge on any atom is -0.369 e. The maximum Gasteiger partial charge on any atom is 0.234 e. The van der Waals surface area contributed by atoms with Gasteiger partial charge in [-0.2, -0.15) is 0 Å². The summed E-state index contributed by atoms with van der Waals surface area (Å²) in [6.45, 7) is 9.22. The fourth-order valence-corrected chi connectivity index (χ4v) is 3.36. The van der Waals surface area contributed by atoms with Crippen LogP contribution >= 0.6 is 0 Å². The molecule has 5 nitrogen and oxygen atoms in total. The molecule has 2 aromatic rings. The van der Waals surface area contributed by atoms with Crippen LogP contribution in [0.15, 0.2) is 42.6 Å². The number of amides is 1. The van der Waals surface area contributed by atoms with Gasteiger partial charge < -0.3 is 10.2 Å². The number of anilines is 1. The van der Waals surface area contributed by atoms with Crippen LogP contribution < -0.4 is 10.2 Å². The molecule has 1 fully saturated rings. The molecule has 138 valence electrons. The molecule has 0 atom stereocenters. The van der Waals surface area contributed by atoms with E-state index in [-0.39, 0.29) is 5.91 Å². The Hall–Kier alpha value is -2.40. The smallest absolute Gasteiger partial charge is 0.234 e. The van der Waals surface area contributed by atoms with Gasteiger partial charge in [0.1, 0.15) is 0 Å². The average molecular weight is 352 g/mol. The Labute approximate surface area is 156 Å². The largest absolute Gasteiger partial charge is 0.369 e. The first kappa shape index (κ1) is 18.4. The maximum absolute atomic E-state index is 12.2. The van der Waals surface area contributed by atoms with E-state index in [9.17, 15) is 4.79 Å². The molecule has 1 saturated heterocycles. The number of benzene rings is 1. The lowest BCUT2D eigenvalue weighted by Gasteiger charge is -2.36. The summed E-state index contributed by atoms with van der Waals surface area (Å²) < 4.78 is 0. The van der Waals surface area contributed by atoms with Gasteiger partial charge in [-0.1, -0.05) is 18.2 Å². The summed E-state index contributed by atoms with van der Waals surface area (Å²) in [6.07, 6.45) is 2.56. The second-order valence-corrected chi connectivity index (χ2v) is 6.90. The van der Waals surface area contributed by atoms with Crippen molar-refractivity contribution in [1.29, 1.82) is 0 Å². The fourth-order valence-electron chi connectivity index (χ4n) is 3.36. The van der Waals surface area contributed by atoms with Gasteiger partial charge in [0, 0.05) is 56.7 Å². The zero-order valence-corrected chi connectivity index (χ0v) is 15.7. The molecule has 1 aromatic heterocycles. The molecule has 1 aliphatic heterocycles. The van der Waals surface area contributed by atoms with Gasteiger partial charge in [-0.3, -0.25) is 14.7 Å². The fraction of sp³-hybridized carbons (Fsp3) is 0.429. The van der Waals surface area contributed by atoms with E-state index in [1.807, 2.05) is 18.2 Å². The van der Waals surface area contributed by atoms with Crippen LogP contribution in [0.5, 0.6) is 0 Å². The number of nitrogens with one attached hydrogen (secondary N) is 1. The molecule has 5 heteroatoms. The third-order valence-electron chi connectivity index (χ3n) is 5.09. The lowest BCUT2D eigenvalue weighted by molar-refractivity contribution is -0.122. The average Bonchev–Trinajstić information content (AvgIpc) is 2.66. The maximum atomic E-state index is 12.2. The number of pyridine rings is 1. The van der Waals surface area contributed by atoms with Crippen molar-refractivity contribution < 1.29 is 4.79 Å². The van der Waals surface area contributed by atoms with Gasteiger partial charge in [0.15, 0.2) is 0 Å². The van der Waals surface area contributed by atoms with Crippen LogP contribution in [0, 0.1) is 13.8 Å². The molecule has 0 radical (unpaired) electrons. The van der Waals surface area contributed by atoms with Crippen LogP contribution in [0.3, 0.4) is 0 Å². The molecule has 2 heterocycles. The topological polar surface area (TPSA) is 48.5 Å². The molecule has 1 aliphatic rings.